The van der Waals surface area contributed by atoms with Gasteiger partial charge in [-0.1, -0.05) is 35.8 Å². The summed E-state index contributed by atoms with van der Waals surface area (Å²) in [4.78, 5) is 36.8. The van der Waals surface area contributed by atoms with Crippen LogP contribution in [0.2, 0.25) is 10.0 Å². The molecule has 11 nitrogen and oxygen atoms in total. The molecule has 0 bridgehead atoms. The Bertz CT molecular complexity index is 1400. The number of nitrogens with one attached hydrogen (secondary N) is 2. The Labute approximate surface area is 242 Å². The van der Waals surface area contributed by atoms with E-state index in [9.17, 15) is 9.59 Å². The number of hydrogen-bond acceptors (Lipinski definition) is 8. The number of carbonyl (C=O) groups is 2. The van der Waals surface area contributed by atoms with E-state index >= 15 is 0 Å². The van der Waals surface area contributed by atoms with Crippen LogP contribution < -0.4 is 30.7 Å². The lowest BCUT2D eigenvalue weighted by Crippen LogP contribution is -2.32. The van der Waals surface area contributed by atoms with Crippen LogP contribution in [-0.2, 0) is 11.2 Å². The maximum Gasteiger partial charge on any atom is 0.327 e. The lowest BCUT2D eigenvalue weighted by atomic mass is 10.00. The molecule has 0 unspecified atom stereocenters. The maximum atomic E-state index is 13.1. The highest BCUT2D eigenvalue weighted by molar-refractivity contribution is 6.41. The molecule has 0 aliphatic carbocycles. The van der Waals surface area contributed by atoms with Gasteiger partial charge in [-0.05, 0) is 38.2 Å². The summed E-state index contributed by atoms with van der Waals surface area (Å²) in [7, 11) is 8.35. The summed E-state index contributed by atoms with van der Waals surface area (Å²) < 4.78 is 10.5. The van der Waals surface area contributed by atoms with Gasteiger partial charge in [-0.3, -0.25) is 9.69 Å². The highest BCUT2D eigenvalue weighted by Gasteiger charge is 2.22. The van der Waals surface area contributed by atoms with Gasteiger partial charge in [0.1, 0.15) is 39.5 Å². The van der Waals surface area contributed by atoms with E-state index in [-0.39, 0.29) is 38.6 Å². The van der Waals surface area contributed by atoms with Gasteiger partial charge < -0.3 is 30.7 Å². The number of methoxy groups -OCH3 is 2. The molecule has 3 rings (SSSR count). The van der Waals surface area contributed by atoms with Gasteiger partial charge in [-0.2, -0.15) is 0 Å². The monoisotopic (exact) mass is 587 g/mol. The number of nitrogens with two attached hydrogens (primary N) is 1. The number of anilines is 4. The highest BCUT2D eigenvalue weighted by Crippen LogP contribution is 2.44. The van der Waals surface area contributed by atoms with E-state index in [1.54, 1.807) is 6.07 Å². The summed E-state index contributed by atoms with van der Waals surface area (Å²) in [6.07, 6.45) is 2.07. The molecular weight excluding hydrogens is 557 g/mol. The normalized spacial score (nSPS) is 10.7. The molecule has 0 radical (unpaired) electrons. The number of benzene rings is 2. The lowest BCUT2D eigenvalue weighted by Gasteiger charge is -2.20. The van der Waals surface area contributed by atoms with Gasteiger partial charge in [0.25, 0.3) is 0 Å². The third-order valence-electron chi connectivity index (χ3n) is 5.92. The minimum absolute atomic E-state index is 0.108. The van der Waals surface area contributed by atoms with E-state index in [4.69, 9.17) is 38.4 Å². The quantitative estimate of drug-likeness (QED) is 0.272. The minimum atomic E-state index is -0.640. The Balaban J connectivity index is 1.87. The van der Waals surface area contributed by atoms with Crippen molar-refractivity contribution in [2.24, 2.45) is 5.73 Å². The molecular formula is C27H31Cl2N7O4. The van der Waals surface area contributed by atoms with E-state index in [1.165, 1.54) is 38.6 Å². The Morgan fingerprint density at radius 2 is 1.68 bits per heavy atom. The molecule has 4 N–H and O–H groups in total. The summed E-state index contributed by atoms with van der Waals surface area (Å²) in [5, 5.41) is 6.06. The predicted octanol–water partition coefficient (Wildman–Crippen LogP) is 4.82. The van der Waals surface area contributed by atoms with Crippen LogP contribution in [0.3, 0.4) is 0 Å². The molecule has 13 heteroatoms. The second-order valence-electron chi connectivity index (χ2n) is 8.94. The van der Waals surface area contributed by atoms with E-state index < -0.39 is 11.9 Å². The summed E-state index contributed by atoms with van der Waals surface area (Å²) in [6, 6.07) is 8.13. The standard InChI is InChI=1S/C27H31Cl2N7O4/c1-15(26(30)37)17-11-16(9-10-35(2)3)7-8-18(17)33-21-13-22(32-14-31-21)36(4)27(38)34-25-23(28)19(39-5)12-20(40-6)24(25)29/h7-8,11-14H,1,9-10H2,2-6H3,(H2,30,37)(H,34,38)(H,31,32,33). The summed E-state index contributed by atoms with van der Waals surface area (Å²) >= 11 is 12.8. The van der Waals surface area contributed by atoms with Crippen LogP contribution in [0.25, 0.3) is 5.57 Å². The first-order valence-corrected chi connectivity index (χ1v) is 12.7. The number of amides is 3. The molecule has 0 saturated carbocycles. The molecule has 0 fully saturated rings. The van der Waals surface area contributed by atoms with Gasteiger partial charge in [-0.25, -0.2) is 14.8 Å². The number of carbonyl (C=O) groups excluding carboxylic acids is 2. The largest absolute Gasteiger partial charge is 0.495 e. The van der Waals surface area contributed by atoms with Crippen molar-refractivity contribution in [2.45, 2.75) is 6.42 Å². The lowest BCUT2D eigenvalue weighted by molar-refractivity contribution is -0.112. The fraction of sp³-hybridized carbons (Fsp3) is 0.259. The van der Waals surface area contributed by atoms with Crippen LogP contribution in [0.4, 0.5) is 27.8 Å². The molecule has 0 spiro atoms. The third kappa shape index (κ3) is 7.12. The summed E-state index contributed by atoms with van der Waals surface area (Å²) in [5.74, 6) is 0.531. The minimum Gasteiger partial charge on any atom is -0.495 e. The number of urea groups is 1. The third-order valence-corrected chi connectivity index (χ3v) is 6.67. The first kappa shape index (κ1) is 30.5. The zero-order valence-corrected chi connectivity index (χ0v) is 24.4. The zero-order valence-electron chi connectivity index (χ0n) is 22.8. The van der Waals surface area contributed by atoms with Crippen LogP contribution in [-0.4, -0.2) is 68.7 Å². The number of halogens is 2. The first-order chi connectivity index (χ1) is 19.0. The summed E-state index contributed by atoms with van der Waals surface area (Å²) in [6.45, 7) is 4.68. The van der Waals surface area contributed by atoms with Crippen LogP contribution in [0, 0.1) is 0 Å². The van der Waals surface area contributed by atoms with Crippen LogP contribution >= 0.6 is 23.2 Å². The second-order valence-corrected chi connectivity index (χ2v) is 9.69. The fourth-order valence-electron chi connectivity index (χ4n) is 3.62. The number of hydrogen-bond donors (Lipinski definition) is 3. The Morgan fingerprint density at radius 1 is 1.02 bits per heavy atom. The molecule has 0 aliphatic heterocycles. The molecule has 212 valence electrons. The molecule has 0 aliphatic rings. The average molecular weight is 588 g/mol. The molecule has 0 saturated heterocycles. The average Bonchev–Trinajstić information content (AvgIpc) is 2.94. The van der Waals surface area contributed by atoms with E-state index in [0.29, 0.717) is 17.1 Å². The zero-order chi connectivity index (χ0) is 29.6. The molecule has 1 heterocycles. The van der Waals surface area contributed by atoms with Crippen molar-refractivity contribution >= 4 is 63.7 Å². The van der Waals surface area contributed by atoms with Crippen molar-refractivity contribution in [2.75, 3.05) is 57.4 Å². The number of likely N-dealkylation sites (N-methyl/N-ethyl adjacent to an activating group) is 1. The van der Waals surface area contributed by atoms with Gasteiger partial charge in [0.2, 0.25) is 5.91 Å². The molecule has 40 heavy (non-hydrogen) atoms. The molecule has 3 amide bonds. The van der Waals surface area contributed by atoms with E-state index in [2.05, 4.69) is 32.1 Å². The number of primary amides is 1. The predicted molar refractivity (Wildman–Crippen MR) is 159 cm³/mol. The molecule has 0 atom stereocenters. The molecule has 2 aromatic carbocycles. The van der Waals surface area contributed by atoms with Gasteiger partial charge in [0.05, 0.1) is 19.9 Å². The Morgan fingerprint density at radius 3 is 2.25 bits per heavy atom. The van der Waals surface area contributed by atoms with Crippen molar-refractivity contribution < 1.29 is 19.1 Å². The Kier molecular flexibility index (Phi) is 10.2. The molecule has 1 aromatic heterocycles. The smallest absolute Gasteiger partial charge is 0.327 e. The summed E-state index contributed by atoms with van der Waals surface area (Å²) in [5.41, 5.74) is 7.94. The SMILES string of the molecule is C=C(C(N)=O)c1cc(CCN(C)C)ccc1Nc1cc(N(C)C(=O)Nc2c(Cl)c(OC)cc(OC)c2Cl)ncn1. The fourth-order valence-corrected chi connectivity index (χ4v) is 4.21. The van der Waals surface area contributed by atoms with E-state index in [1.807, 2.05) is 32.3 Å². The number of ether oxygens (including phenoxy) is 2. The molecule has 3 aromatic rings. The van der Waals surface area contributed by atoms with Crippen molar-refractivity contribution in [1.82, 2.24) is 14.9 Å². The second kappa shape index (κ2) is 13.3. The number of nitrogens with zero attached hydrogens (tertiary/aromatic N) is 4. The van der Waals surface area contributed by atoms with Crippen LogP contribution in [0.15, 0.2) is 43.2 Å². The van der Waals surface area contributed by atoms with Crippen molar-refractivity contribution in [1.29, 1.82) is 0 Å². The van der Waals surface area contributed by atoms with Crippen molar-refractivity contribution in [3.8, 4) is 11.5 Å². The number of rotatable bonds is 11. The van der Waals surface area contributed by atoms with Crippen LogP contribution in [0.5, 0.6) is 11.5 Å². The van der Waals surface area contributed by atoms with Gasteiger partial charge in [-0.15, -0.1) is 0 Å². The van der Waals surface area contributed by atoms with Crippen LogP contribution in [0.1, 0.15) is 11.1 Å². The van der Waals surface area contributed by atoms with Crippen molar-refractivity contribution in [3.63, 3.8) is 0 Å². The number of aromatic nitrogens is 2. The van der Waals surface area contributed by atoms with Crippen molar-refractivity contribution in [3.05, 3.63) is 64.4 Å². The Hall–Kier alpha value is -4.06. The maximum absolute atomic E-state index is 13.1. The van der Waals surface area contributed by atoms with Gasteiger partial charge in [0.15, 0.2) is 0 Å². The topological polar surface area (TPSA) is 135 Å². The van der Waals surface area contributed by atoms with Gasteiger partial charge in [0, 0.05) is 42.5 Å². The highest BCUT2D eigenvalue weighted by atomic mass is 35.5. The first-order valence-electron chi connectivity index (χ1n) is 12.0. The van der Waals surface area contributed by atoms with Gasteiger partial charge >= 0.3 is 6.03 Å². The van der Waals surface area contributed by atoms with E-state index in [0.717, 1.165) is 18.5 Å².